The molecule has 0 saturated heterocycles. The fourth-order valence-corrected chi connectivity index (χ4v) is 3.64. The zero-order chi connectivity index (χ0) is 19.5. The molecular weight excluding hydrogens is 368 g/mol. The molecule has 1 amide bonds. The third kappa shape index (κ3) is 3.73. The Hall–Kier alpha value is -3.25. The molecule has 1 aromatic carbocycles. The van der Waals surface area contributed by atoms with Crippen molar-refractivity contribution in [3.63, 3.8) is 0 Å². The lowest BCUT2D eigenvalue weighted by Gasteiger charge is -2.13. The number of hydrogen-bond donors (Lipinski definition) is 1. The molecule has 4 aromatic rings. The summed E-state index contributed by atoms with van der Waals surface area (Å²) in [6.45, 7) is 0.458. The number of aromatic nitrogens is 2. The van der Waals surface area contributed by atoms with E-state index < -0.39 is 0 Å². The van der Waals surface area contributed by atoms with E-state index in [9.17, 15) is 4.79 Å². The summed E-state index contributed by atoms with van der Waals surface area (Å²) in [6.07, 6.45) is 3.57. The number of pyridine rings is 2. The summed E-state index contributed by atoms with van der Waals surface area (Å²) < 4.78 is 0. The van der Waals surface area contributed by atoms with E-state index in [4.69, 9.17) is 0 Å². The van der Waals surface area contributed by atoms with Gasteiger partial charge in [0.25, 0.3) is 5.91 Å². The lowest BCUT2D eigenvalue weighted by Crippen LogP contribution is -2.23. The van der Waals surface area contributed by atoms with Crippen molar-refractivity contribution in [2.24, 2.45) is 0 Å². The van der Waals surface area contributed by atoms with Gasteiger partial charge in [0.2, 0.25) is 0 Å². The second-order valence-corrected chi connectivity index (χ2v) is 7.49. The summed E-state index contributed by atoms with van der Waals surface area (Å²) in [5.41, 5.74) is 5.36. The standard InChI is InChI=1S/C22H20N4OS/c1-26(2)18-6-3-15(4-7-18)11-24-22(27)20-8-5-16-12-23-13-19(21(16)25-20)17-9-10-28-14-17/h3-10,12-14H,11H2,1-2H3,(H,24,27). The smallest absolute Gasteiger partial charge is 0.270 e. The molecule has 28 heavy (non-hydrogen) atoms. The Bertz CT molecular complexity index is 1110. The van der Waals surface area contributed by atoms with Gasteiger partial charge in [-0.2, -0.15) is 11.3 Å². The zero-order valence-electron chi connectivity index (χ0n) is 15.7. The van der Waals surface area contributed by atoms with Gasteiger partial charge in [-0.3, -0.25) is 9.78 Å². The fourth-order valence-electron chi connectivity index (χ4n) is 2.98. The topological polar surface area (TPSA) is 58.1 Å². The second kappa shape index (κ2) is 7.78. The summed E-state index contributed by atoms with van der Waals surface area (Å²) in [6, 6.07) is 13.8. The summed E-state index contributed by atoms with van der Waals surface area (Å²) in [5, 5.41) is 7.95. The number of fused-ring (bicyclic) bond motifs is 1. The number of thiophene rings is 1. The first-order chi connectivity index (χ1) is 13.6. The number of hydrogen-bond acceptors (Lipinski definition) is 5. The monoisotopic (exact) mass is 388 g/mol. The van der Waals surface area contributed by atoms with Crippen molar-refractivity contribution in [2.75, 3.05) is 19.0 Å². The number of nitrogens with one attached hydrogen (secondary N) is 1. The second-order valence-electron chi connectivity index (χ2n) is 6.71. The molecule has 0 atom stereocenters. The molecule has 0 fully saturated rings. The summed E-state index contributed by atoms with van der Waals surface area (Å²) in [7, 11) is 4.00. The van der Waals surface area contributed by atoms with Crippen molar-refractivity contribution in [2.45, 2.75) is 6.54 Å². The maximum atomic E-state index is 12.6. The zero-order valence-corrected chi connectivity index (χ0v) is 16.5. The van der Waals surface area contributed by atoms with Crippen molar-refractivity contribution in [3.05, 3.63) is 76.9 Å². The first kappa shape index (κ1) is 18.1. The first-order valence-corrected chi connectivity index (χ1v) is 9.88. The van der Waals surface area contributed by atoms with Crippen LogP contribution in [0.15, 0.2) is 65.6 Å². The molecule has 3 heterocycles. The van der Waals surface area contributed by atoms with E-state index in [0.29, 0.717) is 12.2 Å². The van der Waals surface area contributed by atoms with Crippen LogP contribution in [0.4, 0.5) is 5.69 Å². The molecule has 6 heteroatoms. The van der Waals surface area contributed by atoms with Gasteiger partial charge in [0.05, 0.1) is 5.52 Å². The number of carbonyl (C=O) groups excluding carboxylic acids is 1. The Morgan fingerprint density at radius 2 is 1.89 bits per heavy atom. The minimum absolute atomic E-state index is 0.188. The number of benzene rings is 1. The predicted octanol–water partition coefficient (Wildman–Crippen LogP) is 4.35. The minimum Gasteiger partial charge on any atom is -0.378 e. The fraction of sp³-hybridized carbons (Fsp3) is 0.136. The van der Waals surface area contributed by atoms with E-state index in [-0.39, 0.29) is 5.91 Å². The van der Waals surface area contributed by atoms with Gasteiger partial charge in [-0.05, 0) is 52.2 Å². The van der Waals surface area contributed by atoms with E-state index in [1.54, 1.807) is 29.8 Å². The Kier molecular flexibility index (Phi) is 5.04. The van der Waals surface area contributed by atoms with Gasteiger partial charge in [-0.25, -0.2) is 4.98 Å². The van der Waals surface area contributed by atoms with E-state index in [1.807, 2.05) is 60.8 Å². The first-order valence-electron chi connectivity index (χ1n) is 8.93. The molecule has 0 unspecified atom stereocenters. The summed E-state index contributed by atoms with van der Waals surface area (Å²) >= 11 is 1.62. The van der Waals surface area contributed by atoms with Crippen LogP contribution in [0.25, 0.3) is 22.0 Å². The van der Waals surface area contributed by atoms with Crippen LogP contribution < -0.4 is 10.2 Å². The van der Waals surface area contributed by atoms with E-state index in [2.05, 4.69) is 20.7 Å². The Balaban J connectivity index is 1.55. The SMILES string of the molecule is CN(C)c1ccc(CNC(=O)c2ccc3cncc(-c4ccsc4)c3n2)cc1. The highest BCUT2D eigenvalue weighted by molar-refractivity contribution is 7.08. The molecule has 0 aliphatic rings. The Morgan fingerprint density at radius 1 is 1.07 bits per heavy atom. The van der Waals surface area contributed by atoms with Crippen LogP contribution in [0.3, 0.4) is 0 Å². The molecule has 4 rings (SSSR count). The van der Waals surface area contributed by atoms with Gasteiger partial charge >= 0.3 is 0 Å². The molecular formula is C22H20N4OS. The van der Waals surface area contributed by atoms with Crippen LogP contribution in [-0.2, 0) is 6.54 Å². The van der Waals surface area contributed by atoms with Crippen molar-refractivity contribution in [1.29, 1.82) is 0 Å². The van der Waals surface area contributed by atoms with Gasteiger partial charge in [-0.1, -0.05) is 12.1 Å². The van der Waals surface area contributed by atoms with Gasteiger partial charge in [0.1, 0.15) is 5.69 Å². The van der Waals surface area contributed by atoms with Gasteiger partial charge in [-0.15, -0.1) is 0 Å². The van der Waals surface area contributed by atoms with Crippen LogP contribution >= 0.6 is 11.3 Å². The summed E-state index contributed by atoms with van der Waals surface area (Å²) in [4.78, 5) is 23.6. The largest absolute Gasteiger partial charge is 0.378 e. The van der Waals surface area contributed by atoms with Crippen molar-refractivity contribution < 1.29 is 4.79 Å². The minimum atomic E-state index is -0.188. The molecule has 140 valence electrons. The Morgan fingerprint density at radius 3 is 2.61 bits per heavy atom. The molecule has 0 bridgehead atoms. The molecule has 0 aliphatic heterocycles. The molecule has 0 aliphatic carbocycles. The molecule has 1 N–H and O–H groups in total. The normalized spacial score (nSPS) is 10.8. The highest BCUT2D eigenvalue weighted by atomic mass is 32.1. The van der Waals surface area contributed by atoms with Crippen molar-refractivity contribution in [3.8, 4) is 11.1 Å². The quantitative estimate of drug-likeness (QED) is 0.552. The van der Waals surface area contributed by atoms with E-state index in [0.717, 1.165) is 33.3 Å². The average Bonchev–Trinajstić information content (AvgIpc) is 3.26. The van der Waals surface area contributed by atoms with Crippen LogP contribution in [0.2, 0.25) is 0 Å². The van der Waals surface area contributed by atoms with Crippen LogP contribution in [0, 0.1) is 0 Å². The van der Waals surface area contributed by atoms with Gasteiger partial charge < -0.3 is 10.2 Å². The van der Waals surface area contributed by atoms with Gasteiger partial charge in [0.15, 0.2) is 0 Å². The van der Waals surface area contributed by atoms with Crippen LogP contribution in [-0.4, -0.2) is 30.0 Å². The number of nitrogens with zero attached hydrogens (tertiary/aromatic N) is 3. The third-order valence-corrected chi connectivity index (χ3v) is 5.25. The van der Waals surface area contributed by atoms with E-state index >= 15 is 0 Å². The third-order valence-electron chi connectivity index (χ3n) is 4.57. The predicted molar refractivity (Wildman–Crippen MR) is 115 cm³/mol. The van der Waals surface area contributed by atoms with Crippen LogP contribution in [0.1, 0.15) is 16.1 Å². The lowest BCUT2D eigenvalue weighted by molar-refractivity contribution is 0.0946. The number of amides is 1. The maximum Gasteiger partial charge on any atom is 0.270 e. The molecule has 0 saturated carbocycles. The number of anilines is 1. The highest BCUT2D eigenvalue weighted by Crippen LogP contribution is 2.28. The molecule has 3 aromatic heterocycles. The average molecular weight is 388 g/mol. The number of rotatable bonds is 5. The molecule has 0 spiro atoms. The van der Waals surface area contributed by atoms with Crippen molar-refractivity contribution in [1.82, 2.24) is 15.3 Å². The molecule has 5 nitrogen and oxygen atoms in total. The van der Waals surface area contributed by atoms with Gasteiger partial charge in [0, 0.05) is 49.7 Å². The molecule has 0 radical (unpaired) electrons. The van der Waals surface area contributed by atoms with Crippen molar-refractivity contribution >= 4 is 33.8 Å². The van der Waals surface area contributed by atoms with E-state index in [1.165, 1.54) is 0 Å². The lowest BCUT2D eigenvalue weighted by atomic mass is 10.1. The maximum absolute atomic E-state index is 12.6. The number of carbonyl (C=O) groups is 1. The summed E-state index contributed by atoms with van der Waals surface area (Å²) in [5.74, 6) is -0.188. The highest BCUT2D eigenvalue weighted by Gasteiger charge is 2.12. The van der Waals surface area contributed by atoms with Crippen LogP contribution in [0.5, 0.6) is 0 Å². The Labute approximate surface area is 167 Å².